The Kier molecular flexibility index (Phi) is 12.4. The summed E-state index contributed by atoms with van der Waals surface area (Å²) in [7, 11) is 0. The number of aliphatic hydroxyl groups is 1. The molecule has 1 aliphatic rings. The third-order valence-electron chi connectivity index (χ3n) is 7.54. The monoisotopic (exact) mass is 620 g/mol. The molecule has 4 rings (SSSR count). The Morgan fingerprint density at radius 3 is 2.41 bits per heavy atom. The van der Waals surface area contributed by atoms with Crippen LogP contribution in [0, 0.1) is 5.92 Å². The number of carbonyl (C=O) groups is 3. The maximum absolute atomic E-state index is 12.6. The minimum Gasteiger partial charge on any atom is -0.478 e. The molecule has 1 saturated heterocycles. The molecule has 3 aromatic carbocycles. The number of carbonyl (C=O) groups excluding carboxylic acids is 2. The zero-order chi connectivity index (χ0) is 31.5. The van der Waals surface area contributed by atoms with E-state index >= 15 is 0 Å². The number of aromatic carboxylic acids is 1. The quantitative estimate of drug-likeness (QED) is 0.126. The topological polar surface area (TPSA) is 134 Å². The molecule has 1 heterocycles. The minimum atomic E-state index is -0.974. The Labute approximate surface area is 262 Å². The number of aliphatic hydroxyl groups excluding tert-OH is 1. The smallest absolute Gasteiger partial charge is 0.336 e. The Bertz CT molecular complexity index is 1410. The predicted molar refractivity (Wildman–Crippen MR) is 169 cm³/mol. The Morgan fingerprint density at radius 2 is 1.68 bits per heavy atom. The Hall–Kier alpha value is -3.70. The van der Waals surface area contributed by atoms with E-state index in [1.807, 2.05) is 54.6 Å². The van der Waals surface area contributed by atoms with Crippen LogP contribution in [0.5, 0.6) is 0 Å². The number of carboxylic acids is 1. The highest BCUT2D eigenvalue weighted by atomic mass is 32.2. The fraction of sp³-hybridized carbons (Fsp3) is 0.382. The second-order valence-electron chi connectivity index (χ2n) is 10.9. The van der Waals surface area contributed by atoms with Gasteiger partial charge in [0.15, 0.2) is 6.29 Å². The molecular weight excluding hydrogens is 580 g/mol. The van der Waals surface area contributed by atoms with Gasteiger partial charge < -0.3 is 30.3 Å². The summed E-state index contributed by atoms with van der Waals surface area (Å²) in [6.45, 7) is 4.10. The average Bonchev–Trinajstić information content (AvgIpc) is 3.02. The number of nitrogens with one attached hydrogen (secondary N) is 2. The van der Waals surface area contributed by atoms with E-state index in [2.05, 4.69) is 17.6 Å². The van der Waals surface area contributed by atoms with Crippen LogP contribution in [0.2, 0.25) is 0 Å². The number of amides is 2. The van der Waals surface area contributed by atoms with E-state index in [1.54, 1.807) is 18.2 Å². The van der Waals surface area contributed by atoms with Crippen LogP contribution in [0.15, 0.2) is 77.7 Å². The van der Waals surface area contributed by atoms with Crippen molar-refractivity contribution < 1.29 is 34.1 Å². The molecule has 0 bridgehead atoms. The summed E-state index contributed by atoms with van der Waals surface area (Å²) in [5, 5.41) is 24.9. The van der Waals surface area contributed by atoms with Crippen LogP contribution in [-0.4, -0.2) is 46.4 Å². The molecule has 2 amide bonds. The van der Waals surface area contributed by atoms with E-state index in [4.69, 9.17) is 9.47 Å². The number of hydrogen-bond donors (Lipinski definition) is 4. The van der Waals surface area contributed by atoms with Gasteiger partial charge in [-0.1, -0.05) is 61.9 Å². The van der Waals surface area contributed by atoms with Crippen molar-refractivity contribution in [3.63, 3.8) is 0 Å². The van der Waals surface area contributed by atoms with Gasteiger partial charge in [0.25, 0.3) is 0 Å². The summed E-state index contributed by atoms with van der Waals surface area (Å²) in [4.78, 5) is 36.0. The van der Waals surface area contributed by atoms with E-state index in [0.29, 0.717) is 29.3 Å². The number of unbranched alkanes of at least 4 members (excludes halogenated alkanes) is 2. The van der Waals surface area contributed by atoms with Crippen LogP contribution in [0.25, 0.3) is 0 Å². The first-order chi connectivity index (χ1) is 21.2. The van der Waals surface area contributed by atoms with Crippen molar-refractivity contribution in [3.05, 3.63) is 95.1 Å². The second-order valence-corrected chi connectivity index (χ2v) is 12.0. The van der Waals surface area contributed by atoms with Crippen molar-refractivity contribution in [2.24, 2.45) is 5.92 Å². The maximum atomic E-state index is 12.6. The number of anilines is 1. The molecule has 0 aromatic heterocycles. The summed E-state index contributed by atoms with van der Waals surface area (Å²) >= 11 is 1.44. The molecule has 44 heavy (non-hydrogen) atoms. The van der Waals surface area contributed by atoms with Crippen molar-refractivity contribution in [1.29, 1.82) is 0 Å². The Morgan fingerprint density at radius 1 is 0.909 bits per heavy atom. The number of rotatable bonds is 14. The van der Waals surface area contributed by atoms with Gasteiger partial charge in [0.1, 0.15) is 0 Å². The molecule has 1 aliphatic heterocycles. The molecule has 0 aliphatic carbocycles. The molecule has 0 saturated carbocycles. The maximum Gasteiger partial charge on any atom is 0.336 e. The van der Waals surface area contributed by atoms with Gasteiger partial charge in [0.05, 0.1) is 24.4 Å². The molecule has 9 nitrogen and oxygen atoms in total. The van der Waals surface area contributed by atoms with E-state index in [0.717, 1.165) is 36.0 Å². The predicted octanol–water partition coefficient (Wildman–Crippen LogP) is 6.10. The summed E-state index contributed by atoms with van der Waals surface area (Å²) in [6, 6.07) is 22.0. The van der Waals surface area contributed by atoms with Crippen molar-refractivity contribution in [2.45, 2.75) is 69.5 Å². The first-order valence-electron chi connectivity index (χ1n) is 14.8. The summed E-state index contributed by atoms with van der Waals surface area (Å²) < 4.78 is 13.0. The normalized spacial score (nSPS) is 19.7. The lowest BCUT2D eigenvalue weighted by Crippen LogP contribution is -2.38. The third-order valence-corrected chi connectivity index (χ3v) is 8.70. The molecule has 234 valence electrons. The molecular formula is C34H40N2O7S. The number of hydrogen-bond acceptors (Lipinski definition) is 7. The minimum absolute atomic E-state index is 0.0507. The highest BCUT2D eigenvalue weighted by Crippen LogP contribution is 2.43. The SMILES string of the molecule is CC(=O)NCCCCCC(=O)Nc1cccc(C2OC(CSc3ccccc3C(=O)O)C(C)C(c3ccc(CO)cc3)O2)c1. The highest BCUT2D eigenvalue weighted by Gasteiger charge is 2.38. The van der Waals surface area contributed by atoms with Gasteiger partial charge >= 0.3 is 5.97 Å². The van der Waals surface area contributed by atoms with Gasteiger partial charge in [-0.3, -0.25) is 9.59 Å². The van der Waals surface area contributed by atoms with Crippen LogP contribution < -0.4 is 10.6 Å². The molecule has 4 N–H and O–H groups in total. The lowest BCUT2D eigenvalue weighted by molar-refractivity contribution is -0.268. The van der Waals surface area contributed by atoms with Crippen molar-refractivity contribution in [1.82, 2.24) is 5.32 Å². The average molecular weight is 621 g/mol. The van der Waals surface area contributed by atoms with E-state index in [-0.39, 0.29) is 42.1 Å². The first-order valence-corrected chi connectivity index (χ1v) is 15.8. The lowest BCUT2D eigenvalue weighted by Gasteiger charge is -2.41. The van der Waals surface area contributed by atoms with Gasteiger partial charge in [0, 0.05) is 47.7 Å². The highest BCUT2D eigenvalue weighted by molar-refractivity contribution is 7.99. The summed E-state index contributed by atoms with van der Waals surface area (Å²) in [5.41, 5.74) is 3.40. The summed E-state index contributed by atoms with van der Waals surface area (Å²) in [6.07, 6.45) is 1.44. The first kappa shape index (κ1) is 33.2. The fourth-order valence-electron chi connectivity index (χ4n) is 5.09. The molecule has 10 heteroatoms. The van der Waals surface area contributed by atoms with Crippen LogP contribution >= 0.6 is 11.8 Å². The lowest BCUT2D eigenvalue weighted by atomic mass is 9.91. The number of benzene rings is 3. The van der Waals surface area contributed by atoms with Crippen LogP contribution in [0.3, 0.4) is 0 Å². The van der Waals surface area contributed by atoms with Gasteiger partial charge in [-0.2, -0.15) is 0 Å². The summed E-state index contributed by atoms with van der Waals surface area (Å²) in [5.74, 6) is -0.673. The second kappa shape index (κ2) is 16.4. The van der Waals surface area contributed by atoms with Crippen molar-refractivity contribution in [3.8, 4) is 0 Å². The van der Waals surface area contributed by atoms with Crippen molar-refractivity contribution in [2.75, 3.05) is 17.6 Å². The standard InChI is InChI=1S/C34H40N2O7S/c1-22-29(21-44-30-12-6-5-11-28(30)33(40)41)42-34(43-32(22)25-16-14-24(20-37)15-17-25)26-9-8-10-27(19-26)36-31(39)13-4-3-7-18-35-23(2)38/h5-6,8-12,14-17,19,22,29,32,34,37H,3-4,7,13,18,20-21H2,1-2H3,(H,35,38)(H,36,39)(H,40,41). The van der Waals surface area contributed by atoms with E-state index in [1.165, 1.54) is 18.7 Å². The molecule has 4 unspecified atom stereocenters. The Balaban J connectivity index is 1.47. The number of ether oxygens (including phenoxy) is 2. The van der Waals surface area contributed by atoms with E-state index in [9.17, 15) is 24.6 Å². The number of thioether (sulfide) groups is 1. The molecule has 4 atom stereocenters. The largest absolute Gasteiger partial charge is 0.478 e. The van der Waals surface area contributed by atoms with Crippen LogP contribution in [0.1, 0.15) is 79.0 Å². The van der Waals surface area contributed by atoms with Crippen molar-refractivity contribution >= 4 is 35.2 Å². The molecule has 3 aromatic rings. The molecule has 1 fully saturated rings. The number of carboxylic acid groups (broad SMARTS) is 1. The van der Waals surface area contributed by atoms with Gasteiger partial charge in [0.2, 0.25) is 11.8 Å². The fourth-order valence-corrected chi connectivity index (χ4v) is 6.30. The van der Waals surface area contributed by atoms with E-state index < -0.39 is 12.3 Å². The van der Waals surface area contributed by atoms with Gasteiger partial charge in [-0.15, -0.1) is 11.8 Å². The zero-order valence-electron chi connectivity index (χ0n) is 25.0. The third kappa shape index (κ3) is 9.40. The van der Waals surface area contributed by atoms with Crippen LogP contribution in [-0.2, 0) is 25.7 Å². The van der Waals surface area contributed by atoms with Gasteiger partial charge in [-0.05, 0) is 48.2 Å². The van der Waals surface area contributed by atoms with Gasteiger partial charge in [-0.25, -0.2) is 4.79 Å². The zero-order valence-corrected chi connectivity index (χ0v) is 25.8. The molecule has 0 spiro atoms. The molecule has 0 radical (unpaired) electrons. The van der Waals surface area contributed by atoms with Crippen LogP contribution in [0.4, 0.5) is 5.69 Å².